The smallest absolute Gasteiger partial charge is 0.138 e. The highest BCUT2D eigenvalue weighted by molar-refractivity contribution is 5.34. The van der Waals surface area contributed by atoms with Crippen LogP contribution in [0.4, 0.5) is 0 Å². The van der Waals surface area contributed by atoms with E-state index in [1.165, 1.54) is 11.9 Å². The van der Waals surface area contributed by atoms with Gasteiger partial charge in [0.1, 0.15) is 24.2 Å². The highest BCUT2D eigenvalue weighted by Gasteiger charge is 2.07. The van der Waals surface area contributed by atoms with Crippen molar-refractivity contribution < 1.29 is 4.42 Å². The number of hydrogen-bond donors (Lipinski definition) is 1. The van der Waals surface area contributed by atoms with Gasteiger partial charge in [0.05, 0.1) is 12.2 Å². The molecule has 0 saturated carbocycles. The maximum Gasteiger partial charge on any atom is 0.138 e. The fraction of sp³-hybridized carbons (Fsp3) is 0.250. The zero-order chi connectivity index (χ0) is 14.7. The van der Waals surface area contributed by atoms with Crippen LogP contribution < -0.4 is 5.32 Å². The van der Waals surface area contributed by atoms with Crippen molar-refractivity contribution in [2.75, 3.05) is 0 Å². The minimum absolute atomic E-state index is 0.250. The number of furan rings is 1. The van der Waals surface area contributed by atoms with Crippen LogP contribution in [-0.2, 0) is 6.54 Å². The second kappa shape index (κ2) is 5.93. The molecule has 1 N–H and O–H groups in total. The first kappa shape index (κ1) is 13.6. The number of benzene rings is 1. The van der Waals surface area contributed by atoms with Crippen molar-refractivity contribution >= 4 is 0 Å². The summed E-state index contributed by atoms with van der Waals surface area (Å²) >= 11 is 0. The summed E-state index contributed by atoms with van der Waals surface area (Å²) in [5, 5.41) is 7.57. The molecule has 0 radical (unpaired) electrons. The van der Waals surface area contributed by atoms with Crippen molar-refractivity contribution in [1.82, 2.24) is 20.1 Å². The fourth-order valence-corrected chi connectivity index (χ4v) is 2.21. The number of aryl methyl sites for hydroxylation is 1. The topological polar surface area (TPSA) is 55.9 Å². The van der Waals surface area contributed by atoms with E-state index in [-0.39, 0.29) is 6.04 Å². The molecule has 0 amide bonds. The fourth-order valence-electron chi connectivity index (χ4n) is 2.21. The van der Waals surface area contributed by atoms with Crippen LogP contribution in [0.3, 0.4) is 0 Å². The number of aromatic nitrogens is 3. The van der Waals surface area contributed by atoms with Gasteiger partial charge in [-0.3, -0.25) is 0 Å². The Hall–Kier alpha value is -2.40. The van der Waals surface area contributed by atoms with E-state index in [0.29, 0.717) is 0 Å². The summed E-state index contributed by atoms with van der Waals surface area (Å²) in [5.41, 5.74) is 2.23. The summed E-state index contributed by atoms with van der Waals surface area (Å²) in [6, 6.07) is 12.5. The first-order valence-corrected chi connectivity index (χ1v) is 6.96. The second-order valence-corrected chi connectivity index (χ2v) is 5.05. The molecule has 0 saturated heterocycles. The van der Waals surface area contributed by atoms with Crippen LogP contribution in [0.25, 0.3) is 5.69 Å². The first-order chi connectivity index (χ1) is 10.2. The maximum absolute atomic E-state index is 5.56. The predicted octanol–water partition coefficient (Wildman–Crippen LogP) is 3.02. The predicted molar refractivity (Wildman–Crippen MR) is 80.1 cm³/mol. The molecule has 1 aromatic carbocycles. The lowest BCUT2D eigenvalue weighted by molar-refractivity contribution is 0.444. The summed E-state index contributed by atoms with van der Waals surface area (Å²) in [6.07, 6.45) is 3.22. The van der Waals surface area contributed by atoms with Crippen molar-refractivity contribution in [2.24, 2.45) is 0 Å². The monoisotopic (exact) mass is 282 g/mol. The maximum atomic E-state index is 5.56. The third-order valence-electron chi connectivity index (χ3n) is 3.45. The summed E-state index contributed by atoms with van der Waals surface area (Å²) in [7, 11) is 0. The third-order valence-corrected chi connectivity index (χ3v) is 3.45. The van der Waals surface area contributed by atoms with E-state index >= 15 is 0 Å². The largest absolute Gasteiger partial charge is 0.465 e. The molecule has 0 fully saturated rings. The lowest BCUT2D eigenvalue weighted by Crippen LogP contribution is -2.17. The Morgan fingerprint density at radius 1 is 1.19 bits per heavy atom. The molecule has 3 aromatic rings. The van der Waals surface area contributed by atoms with Gasteiger partial charge in [-0.15, -0.1) is 0 Å². The SMILES string of the molecule is Cc1ccc(CNC(C)c2ccc(-n3cncn3)cc2)o1. The summed E-state index contributed by atoms with van der Waals surface area (Å²) in [4.78, 5) is 3.95. The van der Waals surface area contributed by atoms with E-state index in [9.17, 15) is 0 Å². The van der Waals surface area contributed by atoms with Gasteiger partial charge in [-0.25, -0.2) is 9.67 Å². The molecule has 0 aliphatic rings. The molecule has 2 aromatic heterocycles. The molecule has 0 bridgehead atoms. The van der Waals surface area contributed by atoms with Gasteiger partial charge in [-0.05, 0) is 43.7 Å². The van der Waals surface area contributed by atoms with Crippen molar-refractivity contribution in [1.29, 1.82) is 0 Å². The molecule has 108 valence electrons. The molecule has 2 heterocycles. The van der Waals surface area contributed by atoms with Crippen molar-refractivity contribution in [3.63, 3.8) is 0 Å². The molecule has 0 aliphatic carbocycles. The lowest BCUT2D eigenvalue weighted by atomic mass is 10.1. The Balaban J connectivity index is 1.63. The van der Waals surface area contributed by atoms with E-state index < -0.39 is 0 Å². The van der Waals surface area contributed by atoms with Gasteiger partial charge in [0, 0.05) is 6.04 Å². The highest BCUT2D eigenvalue weighted by atomic mass is 16.3. The van der Waals surface area contributed by atoms with Gasteiger partial charge >= 0.3 is 0 Å². The van der Waals surface area contributed by atoms with Crippen LogP contribution in [0.5, 0.6) is 0 Å². The van der Waals surface area contributed by atoms with Crippen LogP contribution in [0.1, 0.15) is 30.0 Å². The van der Waals surface area contributed by atoms with E-state index in [4.69, 9.17) is 4.42 Å². The van der Waals surface area contributed by atoms with E-state index in [2.05, 4.69) is 34.5 Å². The van der Waals surface area contributed by atoms with Crippen LogP contribution >= 0.6 is 0 Å². The molecular weight excluding hydrogens is 264 g/mol. The van der Waals surface area contributed by atoms with Crippen LogP contribution in [-0.4, -0.2) is 14.8 Å². The second-order valence-electron chi connectivity index (χ2n) is 5.05. The third kappa shape index (κ3) is 3.20. The lowest BCUT2D eigenvalue weighted by Gasteiger charge is -2.14. The Labute approximate surface area is 123 Å². The number of nitrogens with one attached hydrogen (secondary N) is 1. The molecule has 5 heteroatoms. The van der Waals surface area contributed by atoms with Gasteiger partial charge in [0.25, 0.3) is 0 Å². The standard InChI is InChI=1S/C16H18N4O/c1-12-3-8-16(21-12)9-18-13(2)14-4-6-15(7-5-14)20-11-17-10-19-20/h3-8,10-11,13,18H,9H2,1-2H3. The molecule has 1 unspecified atom stereocenters. The Kier molecular flexibility index (Phi) is 3.83. The Morgan fingerprint density at radius 2 is 2.00 bits per heavy atom. The molecule has 0 spiro atoms. The molecular formula is C16H18N4O. The minimum atomic E-state index is 0.250. The molecule has 0 aliphatic heterocycles. The normalized spacial score (nSPS) is 12.5. The number of rotatable bonds is 5. The van der Waals surface area contributed by atoms with Crippen molar-refractivity contribution in [3.05, 3.63) is 66.1 Å². The minimum Gasteiger partial charge on any atom is -0.465 e. The molecule has 21 heavy (non-hydrogen) atoms. The number of nitrogens with zero attached hydrogens (tertiary/aromatic N) is 3. The van der Waals surface area contributed by atoms with E-state index in [0.717, 1.165) is 23.8 Å². The van der Waals surface area contributed by atoms with Gasteiger partial charge in [-0.2, -0.15) is 5.10 Å². The van der Waals surface area contributed by atoms with E-state index in [1.807, 2.05) is 31.2 Å². The average molecular weight is 282 g/mol. The quantitative estimate of drug-likeness (QED) is 0.781. The number of hydrogen-bond acceptors (Lipinski definition) is 4. The van der Waals surface area contributed by atoms with Crippen molar-refractivity contribution in [2.45, 2.75) is 26.4 Å². The summed E-state index contributed by atoms with van der Waals surface area (Å²) in [5.74, 6) is 1.90. The summed E-state index contributed by atoms with van der Waals surface area (Å²) < 4.78 is 7.30. The average Bonchev–Trinajstić information content (AvgIpc) is 3.16. The molecule has 5 nitrogen and oxygen atoms in total. The van der Waals surface area contributed by atoms with E-state index in [1.54, 1.807) is 11.0 Å². The van der Waals surface area contributed by atoms with Crippen LogP contribution in [0.15, 0.2) is 53.5 Å². The van der Waals surface area contributed by atoms with Gasteiger partial charge in [0.15, 0.2) is 0 Å². The van der Waals surface area contributed by atoms with Gasteiger partial charge in [-0.1, -0.05) is 12.1 Å². The Bertz CT molecular complexity index is 685. The van der Waals surface area contributed by atoms with Gasteiger partial charge < -0.3 is 9.73 Å². The molecule has 1 atom stereocenters. The highest BCUT2D eigenvalue weighted by Crippen LogP contribution is 2.16. The van der Waals surface area contributed by atoms with Crippen LogP contribution in [0, 0.1) is 6.92 Å². The first-order valence-electron chi connectivity index (χ1n) is 6.96. The van der Waals surface area contributed by atoms with Crippen molar-refractivity contribution in [3.8, 4) is 5.69 Å². The Morgan fingerprint density at radius 3 is 2.62 bits per heavy atom. The molecule has 3 rings (SSSR count). The van der Waals surface area contributed by atoms with Gasteiger partial charge in [0.2, 0.25) is 0 Å². The van der Waals surface area contributed by atoms with Crippen LogP contribution in [0.2, 0.25) is 0 Å². The zero-order valence-corrected chi connectivity index (χ0v) is 12.2. The summed E-state index contributed by atoms with van der Waals surface area (Å²) in [6.45, 7) is 4.82. The zero-order valence-electron chi connectivity index (χ0n) is 12.2.